The van der Waals surface area contributed by atoms with E-state index in [9.17, 15) is 19.3 Å². The van der Waals surface area contributed by atoms with Crippen LogP contribution in [0.25, 0.3) is 10.8 Å². The molecular formula is C19H18N6O5. The zero-order valence-corrected chi connectivity index (χ0v) is 16.7. The molecule has 2 aromatic rings. The Hall–Kier alpha value is -4.15. The fourth-order valence-corrected chi connectivity index (χ4v) is 3.07. The molecule has 0 atom stereocenters. The van der Waals surface area contributed by atoms with Crippen molar-refractivity contribution in [2.75, 3.05) is 28.3 Å². The number of fused-ring (bicyclic) bond motifs is 3. The van der Waals surface area contributed by atoms with Crippen molar-refractivity contribution in [1.82, 2.24) is 15.2 Å². The highest BCUT2D eigenvalue weighted by atomic mass is 16.5. The van der Waals surface area contributed by atoms with Crippen LogP contribution in [0.2, 0.25) is 0 Å². The van der Waals surface area contributed by atoms with Crippen LogP contribution >= 0.6 is 0 Å². The van der Waals surface area contributed by atoms with Crippen LogP contribution in [-0.2, 0) is 9.53 Å². The van der Waals surface area contributed by atoms with Crippen LogP contribution in [0.1, 0.15) is 20.7 Å². The van der Waals surface area contributed by atoms with Crippen LogP contribution < -0.4 is 5.32 Å². The highest BCUT2D eigenvalue weighted by Gasteiger charge is 2.37. The molecule has 0 fully saturated rings. The first kappa shape index (κ1) is 20.6. The van der Waals surface area contributed by atoms with Crippen molar-refractivity contribution in [3.63, 3.8) is 0 Å². The average Bonchev–Trinajstić information content (AvgIpc) is 3.00. The molecule has 11 nitrogen and oxygen atoms in total. The van der Waals surface area contributed by atoms with Gasteiger partial charge in [-0.15, -0.1) is 15.1 Å². The van der Waals surface area contributed by atoms with Gasteiger partial charge in [0.15, 0.2) is 0 Å². The average molecular weight is 410 g/mol. The summed E-state index contributed by atoms with van der Waals surface area (Å²) in [5.41, 5.74) is 0.0693. The molecular weight excluding hydrogens is 392 g/mol. The van der Waals surface area contributed by atoms with Gasteiger partial charge in [0.05, 0.1) is 29.2 Å². The Balaban J connectivity index is 2.22. The van der Waals surface area contributed by atoms with E-state index < -0.39 is 17.7 Å². The van der Waals surface area contributed by atoms with Gasteiger partial charge >= 0.3 is 5.91 Å². The molecule has 0 saturated carbocycles. The maximum atomic E-state index is 12.7. The molecule has 1 N–H and O–H groups in total. The SMILES string of the molecule is CN/C(OC)=C(/N=Nc1cc2ccccc2c2c1C(=O)N(C)C2=O)C(=O)N(C)N=O. The second-order valence-corrected chi connectivity index (χ2v) is 6.28. The lowest BCUT2D eigenvalue weighted by Crippen LogP contribution is -2.25. The van der Waals surface area contributed by atoms with Gasteiger partial charge in [-0.1, -0.05) is 24.3 Å². The number of azo groups is 1. The van der Waals surface area contributed by atoms with Gasteiger partial charge in [0.1, 0.15) is 0 Å². The minimum atomic E-state index is -0.878. The summed E-state index contributed by atoms with van der Waals surface area (Å²) >= 11 is 0. The predicted octanol–water partition coefficient (Wildman–Crippen LogP) is 2.32. The number of hydrogen-bond donors (Lipinski definition) is 1. The number of ether oxygens (including phenoxy) is 1. The van der Waals surface area contributed by atoms with Gasteiger partial charge in [-0.05, 0) is 16.8 Å². The first-order valence-corrected chi connectivity index (χ1v) is 8.72. The van der Waals surface area contributed by atoms with Crippen LogP contribution in [-0.4, -0.2) is 55.9 Å². The lowest BCUT2D eigenvalue weighted by molar-refractivity contribution is -0.126. The first-order valence-electron chi connectivity index (χ1n) is 8.72. The van der Waals surface area contributed by atoms with Crippen LogP contribution in [0.5, 0.6) is 0 Å². The summed E-state index contributed by atoms with van der Waals surface area (Å²) in [5.74, 6) is -1.92. The maximum Gasteiger partial charge on any atom is 0.302 e. The molecule has 3 rings (SSSR count). The number of nitrogens with zero attached hydrogens (tertiary/aromatic N) is 5. The fraction of sp³-hybridized carbons (Fsp3) is 0.211. The molecule has 1 aliphatic heterocycles. The summed E-state index contributed by atoms with van der Waals surface area (Å²) in [7, 11) is 5.32. The summed E-state index contributed by atoms with van der Waals surface area (Å²) in [6.07, 6.45) is 0. The number of likely N-dealkylation sites (N-methyl/N-ethyl adjacent to an activating group) is 1. The number of nitrogens with one attached hydrogen (secondary N) is 1. The Labute approximate surface area is 170 Å². The van der Waals surface area contributed by atoms with E-state index in [1.54, 1.807) is 30.3 Å². The number of methoxy groups -OCH3 is 1. The second kappa shape index (κ2) is 8.07. The van der Waals surface area contributed by atoms with Crippen molar-refractivity contribution in [3.8, 4) is 0 Å². The third-order valence-corrected chi connectivity index (χ3v) is 4.59. The summed E-state index contributed by atoms with van der Waals surface area (Å²) in [5, 5.41) is 15.0. The lowest BCUT2D eigenvalue weighted by Gasteiger charge is -2.11. The van der Waals surface area contributed by atoms with E-state index in [4.69, 9.17) is 4.74 Å². The molecule has 0 aromatic heterocycles. The zero-order chi connectivity index (χ0) is 22.0. The fourth-order valence-electron chi connectivity index (χ4n) is 3.07. The molecule has 30 heavy (non-hydrogen) atoms. The van der Waals surface area contributed by atoms with Gasteiger partial charge in [-0.25, -0.2) is 0 Å². The van der Waals surface area contributed by atoms with E-state index in [-0.39, 0.29) is 28.4 Å². The van der Waals surface area contributed by atoms with Gasteiger partial charge in [0, 0.05) is 21.1 Å². The van der Waals surface area contributed by atoms with Crippen LogP contribution in [0.3, 0.4) is 0 Å². The standard InChI is InChI=1S/C19H18N6O5/c1-20-16(30-4)15(19(28)25(3)23-29)22-21-12-9-10-7-5-6-8-11(10)13-14(12)18(27)24(2)17(13)26/h5-9,20H,1-4H3/b16-15-,22-21?. The Morgan fingerprint density at radius 1 is 1.17 bits per heavy atom. The summed E-state index contributed by atoms with van der Waals surface area (Å²) in [6, 6.07) is 8.65. The van der Waals surface area contributed by atoms with Gasteiger partial charge in [0.25, 0.3) is 11.8 Å². The largest absolute Gasteiger partial charge is 0.481 e. The lowest BCUT2D eigenvalue weighted by atomic mass is 9.99. The maximum absolute atomic E-state index is 12.7. The minimum Gasteiger partial charge on any atom is -0.481 e. The smallest absolute Gasteiger partial charge is 0.302 e. The van der Waals surface area contributed by atoms with Gasteiger partial charge in [-0.3, -0.25) is 19.3 Å². The minimum absolute atomic E-state index is 0.0591. The number of carbonyl (C=O) groups excluding carboxylic acids is 3. The van der Waals surface area contributed by atoms with Crippen molar-refractivity contribution in [1.29, 1.82) is 0 Å². The predicted molar refractivity (Wildman–Crippen MR) is 107 cm³/mol. The van der Waals surface area contributed by atoms with Crippen LogP contribution in [0.15, 0.2) is 57.4 Å². The molecule has 3 amide bonds. The Kier molecular flexibility index (Phi) is 5.54. The number of benzene rings is 2. The van der Waals surface area contributed by atoms with Crippen molar-refractivity contribution >= 4 is 34.2 Å². The Morgan fingerprint density at radius 3 is 2.47 bits per heavy atom. The van der Waals surface area contributed by atoms with E-state index in [1.165, 1.54) is 21.2 Å². The van der Waals surface area contributed by atoms with E-state index in [0.29, 0.717) is 15.8 Å². The Morgan fingerprint density at radius 2 is 1.83 bits per heavy atom. The molecule has 0 aliphatic carbocycles. The third-order valence-electron chi connectivity index (χ3n) is 4.59. The van der Waals surface area contributed by atoms with Gasteiger partial charge in [-0.2, -0.15) is 5.01 Å². The highest BCUT2D eigenvalue weighted by molar-refractivity contribution is 6.28. The van der Waals surface area contributed by atoms with E-state index >= 15 is 0 Å². The van der Waals surface area contributed by atoms with Crippen molar-refractivity contribution in [3.05, 3.63) is 57.9 Å². The number of hydrogen-bond acceptors (Lipinski definition) is 9. The summed E-state index contributed by atoms with van der Waals surface area (Å²) in [4.78, 5) is 49.5. The topological polar surface area (TPSA) is 133 Å². The third kappa shape index (κ3) is 3.26. The quantitative estimate of drug-likeness (QED) is 0.194. The number of carbonyl (C=O) groups is 3. The highest BCUT2D eigenvalue weighted by Crippen LogP contribution is 2.37. The van der Waals surface area contributed by atoms with Gasteiger partial charge in [0.2, 0.25) is 11.6 Å². The molecule has 0 bridgehead atoms. The van der Waals surface area contributed by atoms with Crippen molar-refractivity contribution < 1.29 is 19.1 Å². The first-order chi connectivity index (χ1) is 14.3. The number of amides is 3. The van der Waals surface area contributed by atoms with E-state index in [1.807, 2.05) is 0 Å². The van der Waals surface area contributed by atoms with E-state index in [0.717, 1.165) is 11.9 Å². The van der Waals surface area contributed by atoms with Crippen LogP contribution in [0, 0.1) is 4.91 Å². The van der Waals surface area contributed by atoms with Crippen molar-refractivity contribution in [2.45, 2.75) is 0 Å². The molecule has 1 aliphatic rings. The summed E-state index contributed by atoms with van der Waals surface area (Å²) in [6.45, 7) is 0. The molecule has 0 radical (unpaired) electrons. The monoisotopic (exact) mass is 410 g/mol. The van der Waals surface area contributed by atoms with Gasteiger partial charge < -0.3 is 10.1 Å². The molecule has 154 valence electrons. The second-order valence-electron chi connectivity index (χ2n) is 6.28. The molecule has 0 spiro atoms. The molecule has 11 heteroatoms. The normalized spacial score (nSPS) is 14.1. The van der Waals surface area contributed by atoms with Crippen LogP contribution in [0.4, 0.5) is 5.69 Å². The van der Waals surface area contributed by atoms with E-state index in [2.05, 4.69) is 20.8 Å². The molecule has 1 heterocycles. The Bertz CT molecular complexity index is 1130. The summed E-state index contributed by atoms with van der Waals surface area (Å²) < 4.78 is 5.08. The number of imide groups is 1. The molecule has 0 saturated heterocycles. The molecule has 2 aromatic carbocycles. The number of nitroso groups, excluding NO2 is 1. The molecule has 0 unspecified atom stereocenters. The van der Waals surface area contributed by atoms with Crippen molar-refractivity contribution in [2.24, 2.45) is 15.5 Å². The number of rotatable bonds is 6. The zero-order valence-electron chi connectivity index (χ0n) is 16.7.